The number of para-hydroxylation sites is 1. The van der Waals surface area contributed by atoms with Gasteiger partial charge in [0.05, 0.1) is 11.2 Å². The zero-order chi connectivity index (χ0) is 26.7. The lowest BCUT2D eigenvalue weighted by Gasteiger charge is -2.23. The lowest BCUT2D eigenvalue weighted by atomic mass is 10.2. The van der Waals surface area contributed by atoms with Gasteiger partial charge in [0.25, 0.3) is 0 Å². The summed E-state index contributed by atoms with van der Waals surface area (Å²) in [4.78, 5) is 33.2. The van der Waals surface area contributed by atoms with Crippen molar-refractivity contribution < 1.29 is 19.1 Å². The number of aromatic nitrogens is 1. The number of halogens is 4. The first kappa shape index (κ1) is 31.9. The molecule has 202 valence electrons. The van der Waals surface area contributed by atoms with Crippen LogP contribution in [0.1, 0.15) is 5.56 Å². The molecule has 1 unspecified atom stereocenters. The second kappa shape index (κ2) is 15.9. The number of hydrogen-bond donors (Lipinski definition) is 2. The summed E-state index contributed by atoms with van der Waals surface area (Å²) in [6, 6.07) is 18.5. The Kier molecular flexibility index (Phi) is 13.4. The first-order chi connectivity index (χ1) is 17.8. The zero-order valence-corrected chi connectivity index (χ0v) is 24.8. The van der Waals surface area contributed by atoms with Gasteiger partial charge >= 0.3 is 5.97 Å². The molecule has 13 heteroatoms. The van der Waals surface area contributed by atoms with Crippen molar-refractivity contribution in [1.82, 2.24) is 10.3 Å². The fraction of sp³-hybridized carbons (Fsp3) is 0.200. The van der Waals surface area contributed by atoms with E-state index in [1.165, 1.54) is 13.2 Å². The molecule has 0 bridgehead atoms. The van der Waals surface area contributed by atoms with E-state index in [1.54, 1.807) is 18.3 Å². The minimum atomic E-state index is -1.99. The number of alkyl halides is 3. The van der Waals surface area contributed by atoms with Crippen LogP contribution in [0.4, 0.5) is 5.69 Å². The summed E-state index contributed by atoms with van der Waals surface area (Å²) in [6.45, 7) is -0.200. The monoisotopic (exact) mass is 660 g/mol. The molecule has 38 heavy (non-hydrogen) atoms. The number of anilines is 1. The molecule has 2 aromatic carbocycles. The van der Waals surface area contributed by atoms with Crippen molar-refractivity contribution in [2.75, 3.05) is 25.0 Å². The summed E-state index contributed by atoms with van der Waals surface area (Å²) in [5.41, 5.74) is 2.12. The number of fused-ring (bicyclic) bond motifs is 1. The summed E-state index contributed by atoms with van der Waals surface area (Å²) in [7, 11) is 1.39. The first-order valence-electron chi connectivity index (χ1n) is 10.8. The van der Waals surface area contributed by atoms with Crippen molar-refractivity contribution in [3.05, 3.63) is 78.5 Å². The smallest absolute Gasteiger partial charge is 0.332 e. The molecule has 0 spiro atoms. The van der Waals surface area contributed by atoms with Gasteiger partial charge in [-0.1, -0.05) is 83.3 Å². The minimum Gasteiger partial charge on any atom is -0.452 e. The van der Waals surface area contributed by atoms with Gasteiger partial charge in [0.1, 0.15) is 12.5 Å². The second-order valence-corrected chi connectivity index (χ2v) is 10.6. The number of esters is 1. The third-order valence-electron chi connectivity index (χ3n) is 4.61. The highest BCUT2D eigenvalue weighted by Crippen LogP contribution is 2.32. The van der Waals surface area contributed by atoms with Crippen LogP contribution in [0.2, 0.25) is 0 Å². The van der Waals surface area contributed by atoms with Gasteiger partial charge in [0.15, 0.2) is 11.3 Å². The lowest BCUT2D eigenvalue weighted by molar-refractivity contribution is -0.145. The third kappa shape index (κ3) is 10.4. The Morgan fingerprint density at radius 2 is 1.84 bits per heavy atom. The predicted molar refractivity (Wildman–Crippen MR) is 161 cm³/mol. The van der Waals surface area contributed by atoms with E-state index in [2.05, 4.69) is 20.6 Å². The van der Waals surface area contributed by atoms with Gasteiger partial charge in [0, 0.05) is 24.8 Å². The van der Waals surface area contributed by atoms with Crippen LogP contribution >= 0.6 is 63.5 Å². The first-order valence-corrected chi connectivity index (χ1v) is 12.9. The van der Waals surface area contributed by atoms with Crippen LogP contribution in [0, 0.1) is 0 Å². The van der Waals surface area contributed by atoms with Gasteiger partial charge in [-0.2, -0.15) is 0 Å². The van der Waals surface area contributed by atoms with E-state index >= 15 is 0 Å². The lowest BCUT2D eigenvalue weighted by Crippen LogP contribution is -2.42. The van der Waals surface area contributed by atoms with Gasteiger partial charge in [-0.15, -0.1) is 17.0 Å². The number of aliphatic imine (C=N–C) groups is 1. The Bertz CT molecular complexity index is 1270. The molecule has 1 aromatic heterocycles. The van der Waals surface area contributed by atoms with Gasteiger partial charge in [-0.05, 0) is 35.5 Å². The van der Waals surface area contributed by atoms with Gasteiger partial charge in [0.2, 0.25) is 9.70 Å². The van der Waals surface area contributed by atoms with Crippen LogP contribution in [0.3, 0.4) is 0 Å². The largest absolute Gasteiger partial charge is 0.452 e. The molecule has 8 nitrogen and oxygen atoms in total. The Morgan fingerprint density at radius 1 is 1.11 bits per heavy atom. The molecule has 3 aromatic rings. The molecule has 1 amide bonds. The van der Waals surface area contributed by atoms with Gasteiger partial charge in [-0.3, -0.25) is 9.78 Å². The number of thioether (sulfide) groups is 1. The summed E-state index contributed by atoms with van der Waals surface area (Å²) >= 11 is 19.5. The number of benzene rings is 2. The molecule has 0 saturated heterocycles. The summed E-state index contributed by atoms with van der Waals surface area (Å²) in [5, 5.41) is 6.84. The number of nitrogens with zero attached hydrogens (tertiary/aromatic N) is 2. The number of pyridine rings is 1. The number of amides is 1. The van der Waals surface area contributed by atoms with E-state index in [1.807, 2.05) is 54.6 Å². The van der Waals surface area contributed by atoms with Crippen LogP contribution < -0.4 is 10.6 Å². The Morgan fingerprint density at radius 3 is 2.55 bits per heavy atom. The predicted octanol–water partition coefficient (Wildman–Crippen LogP) is 5.99. The quantitative estimate of drug-likeness (QED) is 0.0726. The number of ether oxygens (including phenoxy) is 2. The Balaban J connectivity index is 0.00000507. The Labute approximate surface area is 249 Å². The average molecular weight is 663 g/mol. The van der Waals surface area contributed by atoms with Crippen LogP contribution in [-0.4, -0.2) is 51.6 Å². The van der Waals surface area contributed by atoms with Crippen LogP contribution in [0.15, 0.2) is 77.9 Å². The fourth-order valence-corrected chi connectivity index (χ4v) is 3.93. The van der Waals surface area contributed by atoms with Crippen molar-refractivity contribution in [1.29, 1.82) is 0 Å². The highest BCUT2D eigenvalue weighted by atomic mass is 79.9. The van der Waals surface area contributed by atoms with Crippen molar-refractivity contribution in [2.45, 2.75) is 9.96 Å². The number of amidine groups is 1. The van der Waals surface area contributed by atoms with Gasteiger partial charge in [-0.25, -0.2) is 9.79 Å². The van der Waals surface area contributed by atoms with Crippen molar-refractivity contribution >= 4 is 103 Å². The van der Waals surface area contributed by atoms with E-state index < -0.39 is 21.8 Å². The SMILES string of the molecule is Br.COCC(=O)OCSC(=NC(NC(=O)/C=C/c1ccccc1)C(Cl)(Cl)Cl)Nc1cccc2cccnc12. The van der Waals surface area contributed by atoms with Crippen molar-refractivity contribution in [2.24, 2.45) is 4.99 Å². The van der Waals surface area contributed by atoms with E-state index in [0.29, 0.717) is 11.2 Å². The number of nitrogens with one attached hydrogen (secondary N) is 2. The molecule has 0 aliphatic carbocycles. The summed E-state index contributed by atoms with van der Waals surface area (Å²) in [5.74, 6) is -1.19. The molecule has 0 fully saturated rings. The van der Waals surface area contributed by atoms with Crippen LogP contribution in [0.25, 0.3) is 17.0 Å². The molecular formula is C25H24BrCl3N4O4S. The Hall–Kier alpha value is -2.34. The number of carbonyl (C=O) groups excluding carboxylic acids is 2. The number of hydrogen-bond acceptors (Lipinski definition) is 7. The second-order valence-electron chi connectivity index (χ2n) is 7.35. The summed E-state index contributed by atoms with van der Waals surface area (Å²) in [6.07, 6.45) is 3.32. The average Bonchev–Trinajstić information content (AvgIpc) is 2.87. The highest BCUT2D eigenvalue weighted by Gasteiger charge is 2.34. The minimum absolute atomic E-state index is 0. The van der Waals surface area contributed by atoms with E-state index in [0.717, 1.165) is 22.7 Å². The fourth-order valence-electron chi connectivity index (χ4n) is 2.96. The van der Waals surface area contributed by atoms with Crippen molar-refractivity contribution in [3.8, 4) is 0 Å². The third-order valence-corrected chi connectivity index (χ3v) is 5.95. The van der Waals surface area contributed by atoms with E-state index in [9.17, 15) is 9.59 Å². The van der Waals surface area contributed by atoms with Gasteiger partial charge < -0.3 is 20.1 Å². The molecule has 2 N–H and O–H groups in total. The molecule has 3 rings (SSSR count). The van der Waals surface area contributed by atoms with E-state index in [-0.39, 0.29) is 34.7 Å². The number of carbonyl (C=O) groups is 2. The number of methoxy groups -OCH3 is 1. The molecule has 1 atom stereocenters. The van der Waals surface area contributed by atoms with Crippen LogP contribution in [0.5, 0.6) is 0 Å². The molecule has 0 aliphatic heterocycles. The zero-order valence-electron chi connectivity index (χ0n) is 20.0. The maximum atomic E-state index is 12.6. The molecular weight excluding hydrogens is 639 g/mol. The molecule has 0 radical (unpaired) electrons. The van der Waals surface area contributed by atoms with Crippen molar-refractivity contribution in [3.63, 3.8) is 0 Å². The molecule has 1 heterocycles. The summed E-state index contributed by atoms with van der Waals surface area (Å²) < 4.78 is 7.92. The topological polar surface area (TPSA) is 102 Å². The maximum absolute atomic E-state index is 12.6. The number of rotatable bonds is 9. The standard InChI is InChI=1S/C25H23Cl3N4O4S.BrH/c1-35-15-21(34)36-16-37-24(30-19-11-5-9-18-10-6-14-29-22(18)19)32-23(25(26,27)28)31-20(33)13-12-17-7-3-2-4-8-17;/h2-14,23H,15-16H2,1H3,(H,30,32)(H,31,33);1H/b13-12+;. The van der Waals surface area contributed by atoms with E-state index in [4.69, 9.17) is 44.3 Å². The molecule has 0 saturated carbocycles. The molecule has 0 aliphatic rings. The normalized spacial score (nSPS) is 12.6. The maximum Gasteiger partial charge on any atom is 0.332 e. The van der Waals surface area contributed by atoms with Crippen LogP contribution in [-0.2, 0) is 19.1 Å². The highest BCUT2D eigenvalue weighted by molar-refractivity contribution is 8.93.